The number of rotatable bonds is 5. The molecule has 166 valence electrons. The highest BCUT2D eigenvalue weighted by Crippen LogP contribution is 2.37. The van der Waals surface area contributed by atoms with Crippen molar-refractivity contribution in [1.29, 1.82) is 0 Å². The number of ether oxygens (including phenoxy) is 3. The molecule has 6 atom stereocenters. The fourth-order valence-electron chi connectivity index (χ4n) is 5.51. The van der Waals surface area contributed by atoms with Crippen LogP contribution in [0.3, 0.4) is 0 Å². The summed E-state index contributed by atoms with van der Waals surface area (Å²) in [5, 5.41) is 16.2. The van der Waals surface area contributed by atoms with Crippen LogP contribution in [0, 0.1) is 5.92 Å². The smallest absolute Gasteiger partial charge is 0.336 e. The lowest BCUT2D eigenvalue weighted by atomic mass is 9.78. The number of carbonyl (C=O) groups is 1. The first kappa shape index (κ1) is 21.2. The predicted octanol–water partition coefficient (Wildman–Crippen LogP) is 1.00. The molecule has 0 aromatic rings. The van der Waals surface area contributed by atoms with Gasteiger partial charge in [0.15, 0.2) is 6.23 Å². The summed E-state index contributed by atoms with van der Waals surface area (Å²) >= 11 is 0. The molecule has 0 radical (unpaired) electrons. The Labute approximate surface area is 171 Å². The second kappa shape index (κ2) is 9.01. The maximum absolute atomic E-state index is 12.7. The van der Waals surface area contributed by atoms with Crippen LogP contribution in [0.1, 0.15) is 44.9 Å². The number of nitrogens with one attached hydrogen (secondary N) is 2. The number of nitrogens with zero attached hydrogens (tertiary/aromatic N) is 2. The average molecular weight is 415 g/mol. The van der Waals surface area contributed by atoms with Gasteiger partial charge in [-0.1, -0.05) is 18.0 Å². The van der Waals surface area contributed by atoms with Crippen LogP contribution in [0.5, 0.6) is 0 Å². The monoisotopic (exact) mass is 414 g/mol. The van der Waals surface area contributed by atoms with Gasteiger partial charge in [-0.15, -0.1) is 0 Å². The molecule has 2 aliphatic carbocycles. The maximum Gasteiger partial charge on any atom is 0.336 e. The Balaban J connectivity index is 1.41. The van der Waals surface area contributed by atoms with Gasteiger partial charge in [-0.2, -0.15) is 5.48 Å². The van der Waals surface area contributed by atoms with Crippen molar-refractivity contribution in [2.24, 2.45) is 5.92 Å². The van der Waals surface area contributed by atoms with E-state index in [1.165, 1.54) is 5.01 Å². The van der Waals surface area contributed by atoms with Crippen molar-refractivity contribution in [2.45, 2.75) is 87.6 Å². The molecular formula is C19H34N4O6. The number of hydroxylamine groups is 2. The zero-order valence-electron chi connectivity index (χ0n) is 17.5. The van der Waals surface area contributed by atoms with Crippen LogP contribution >= 0.6 is 0 Å². The van der Waals surface area contributed by atoms with E-state index in [0.29, 0.717) is 6.42 Å². The van der Waals surface area contributed by atoms with Crippen molar-refractivity contribution in [2.75, 3.05) is 21.3 Å². The molecule has 3 N–H and O–H groups in total. The number of fused-ring (bicyclic) bond motifs is 1. The Morgan fingerprint density at radius 1 is 1.00 bits per heavy atom. The Kier molecular flexibility index (Phi) is 6.59. The van der Waals surface area contributed by atoms with Crippen LogP contribution in [-0.2, 0) is 19.0 Å². The van der Waals surface area contributed by atoms with Gasteiger partial charge < -0.3 is 19.5 Å². The molecule has 10 nitrogen and oxygen atoms in total. The zero-order valence-corrected chi connectivity index (χ0v) is 17.5. The van der Waals surface area contributed by atoms with E-state index in [9.17, 15) is 10.0 Å². The van der Waals surface area contributed by atoms with Crippen LogP contribution < -0.4 is 10.8 Å². The molecule has 0 aromatic carbocycles. The van der Waals surface area contributed by atoms with E-state index in [4.69, 9.17) is 19.0 Å². The van der Waals surface area contributed by atoms with Gasteiger partial charge in [-0.25, -0.2) is 9.80 Å². The number of carbonyl (C=O) groups excluding carboxylic acids is 1. The van der Waals surface area contributed by atoms with Crippen molar-refractivity contribution in [3.05, 3.63) is 0 Å². The van der Waals surface area contributed by atoms with E-state index in [1.807, 2.05) is 0 Å². The molecule has 2 amide bonds. The summed E-state index contributed by atoms with van der Waals surface area (Å²) in [6, 6.07) is -0.386. The highest BCUT2D eigenvalue weighted by atomic mass is 16.7. The van der Waals surface area contributed by atoms with Crippen molar-refractivity contribution in [3.8, 4) is 0 Å². The first-order chi connectivity index (χ1) is 14.1. The van der Waals surface area contributed by atoms with E-state index in [0.717, 1.165) is 43.7 Å². The molecule has 2 saturated heterocycles. The molecule has 4 fully saturated rings. The predicted molar refractivity (Wildman–Crippen MR) is 102 cm³/mol. The van der Waals surface area contributed by atoms with Gasteiger partial charge in [-0.3, -0.25) is 10.0 Å². The summed E-state index contributed by atoms with van der Waals surface area (Å²) in [6.07, 6.45) is 5.26. The Morgan fingerprint density at radius 2 is 1.69 bits per heavy atom. The lowest BCUT2D eigenvalue weighted by Gasteiger charge is -2.47. The number of hydrogen-bond acceptors (Lipinski definition) is 8. The minimum atomic E-state index is -0.560. The van der Waals surface area contributed by atoms with Gasteiger partial charge in [0.25, 0.3) is 0 Å². The summed E-state index contributed by atoms with van der Waals surface area (Å²) in [6.45, 7) is 0. The third-order valence-corrected chi connectivity index (χ3v) is 7.10. The maximum atomic E-state index is 12.7. The number of hydrazine groups is 1. The Bertz CT molecular complexity index is 569. The first-order valence-electron chi connectivity index (χ1n) is 10.6. The third-order valence-electron chi connectivity index (χ3n) is 7.10. The van der Waals surface area contributed by atoms with Crippen LogP contribution in [0.25, 0.3) is 0 Å². The molecule has 4 aliphatic rings. The number of urea groups is 1. The fraction of sp³-hybridized carbons (Fsp3) is 0.947. The topological polar surface area (TPSA) is 105 Å². The molecule has 2 heterocycles. The van der Waals surface area contributed by atoms with Crippen molar-refractivity contribution >= 4 is 6.03 Å². The molecular weight excluding hydrogens is 380 g/mol. The molecule has 2 saturated carbocycles. The van der Waals surface area contributed by atoms with Crippen LogP contribution in [0.4, 0.5) is 4.79 Å². The van der Waals surface area contributed by atoms with Crippen molar-refractivity contribution in [1.82, 2.24) is 21.0 Å². The highest BCUT2D eigenvalue weighted by molar-refractivity contribution is 5.75. The third kappa shape index (κ3) is 3.99. The lowest BCUT2D eigenvalue weighted by molar-refractivity contribution is -0.308. The molecule has 29 heavy (non-hydrogen) atoms. The van der Waals surface area contributed by atoms with E-state index in [2.05, 4.69) is 10.8 Å². The van der Waals surface area contributed by atoms with Gasteiger partial charge in [0.05, 0.1) is 24.3 Å². The fourth-order valence-corrected chi connectivity index (χ4v) is 5.51. The van der Waals surface area contributed by atoms with E-state index >= 15 is 0 Å². The normalized spacial score (nSPS) is 43.9. The standard InChI is InChI=1S/C19H34N4O6/c1-26-15-8-11(9-16(27-2)18(15)28-3)13-10-17(29-21-13)22-19(24)20-12-6-4-5-7-14(12)23(22)25/h11-18,21,25H,4-10H2,1-3H3,(H,20,24). The summed E-state index contributed by atoms with van der Waals surface area (Å²) in [4.78, 5) is 18.4. The molecule has 0 spiro atoms. The number of hydrogen-bond donors (Lipinski definition) is 3. The van der Waals surface area contributed by atoms with E-state index in [-0.39, 0.29) is 48.4 Å². The molecule has 10 heteroatoms. The minimum Gasteiger partial charge on any atom is -0.379 e. The summed E-state index contributed by atoms with van der Waals surface area (Å²) in [7, 11) is 5.06. The molecule has 0 aromatic heterocycles. The van der Waals surface area contributed by atoms with Crippen molar-refractivity contribution in [3.63, 3.8) is 0 Å². The molecule has 0 bridgehead atoms. The minimum absolute atomic E-state index is 0.00287. The average Bonchev–Trinajstić information content (AvgIpc) is 3.22. The van der Waals surface area contributed by atoms with Gasteiger partial charge >= 0.3 is 6.03 Å². The molecule has 4 rings (SSSR count). The van der Waals surface area contributed by atoms with Gasteiger partial charge in [0.1, 0.15) is 6.10 Å². The van der Waals surface area contributed by atoms with Gasteiger partial charge in [-0.05, 0) is 31.6 Å². The summed E-state index contributed by atoms with van der Waals surface area (Å²) in [5.41, 5.74) is 3.10. The first-order valence-corrected chi connectivity index (χ1v) is 10.6. The Morgan fingerprint density at radius 3 is 2.34 bits per heavy atom. The molecule has 6 unspecified atom stereocenters. The summed E-state index contributed by atoms with van der Waals surface area (Å²) in [5.74, 6) is 0.240. The SMILES string of the molecule is COC1CC(C2CC(N3C(=O)NC4CCCCC4N3O)ON2)CC(OC)C1OC. The molecule has 2 aliphatic heterocycles. The number of amides is 2. The zero-order chi connectivity index (χ0) is 20.5. The second-order valence-electron chi connectivity index (χ2n) is 8.59. The van der Waals surface area contributed by atoms with Gasteiger partial charge in [0, 0.05) is 33.8 Å². The Hall–Kier alpha value is -1.01. The number of methoxy groups -OCH3 is 3. The largest absolute Gasteiger partial charge is 0.379 e. The quantitative estimate of drug-likeness (QED) is 0.612. The van der Waals surface area contributed by atoms with E-state index < -0.39 is 6.23 Å². The highest BCUT2D eigenvalue weighted by Gasteiger charge is 2.49. The van der Waals surface area contributed by atoms with Crippen LogP contribution in [0.15, 0.2) is 0 Å². The van der Waals surface area contributed by atoms with Crippen molar-refractivity contribution < 1.29 is 29.0 Å². The van der Waals surface area contributed by atoms with Crippen LogP contribution in [-0.4, -0.2) is 85.4 Å². The lowest BCUT2D eigenvalue weighted by Crippen LogP contribution is -2.69. The van der Waals surface area contributed by atoms with Gasteiger partial charge in [0.2, 0.25) is 0 Å². The second-order valence-corrected chi connectivity index (χ2v) is 8.59. The van der Waals surface area contributed by atoms with Crippen LogP contribution in [0.2, 0.25) is 0 Å². The summed E-state index contributed by atoms with van der Waals surface area (Å²) < 4.78 is 16.9. The van der Waals surface area contributed by atoms with E-state index in [1.54, 1.807) is 21.3 Å².